The molecule has 0 aliphatic carbocycles. The maximum Gasteiger partial charge on any atom is 0.348 e. The Bertz CT molecular complexity index is 311. The lowest BCUT2D eigenvalue weighted by molar-refractivity contribution is 0.0604. The Morgan fingerprint density at radius 2 is 2.50 bits per heavy atom. The van der Waals surface area contributed by atoms with Crippen molar-refractivity contribution >= 4 is 17.3 Å². The van der Waals surface area contributed by atoms with Gasteiger partial charge in [0.25, 0.3) is 0 Å². The van der Waals surface area contributed by atoms with E-state index in [-0.39, 0.29) is 12.5 Å². The number of hydrogen-bond donors (Lipinski definition) is 2. The molecule has 1 aromatic rings. The predicted molar refractivity (Wildman–Crippen MR) is 54.4 cm³/mol. The second-order valence-corrected chi connectivity index (χ2v) is 3.78. The maximum absolute atomic E-state index is 11.2. The molecule has 0 aromatic carbocycles. The van der Waals surface area contributed by atoms with Crippen LogP contribution in [0.2, 0.25) is 0 Å². The van der Waals surface area contributed by atoms with E-state index in [0.717, 1.165) is 5.56 Å². The highest BCUT2D eigenvalue weighted by Crippen LogP contribution is 2.19. The highest BCUT2D eigenvalue weighted by atomic mass is 32.1. The van der Waals surface area contributed by atoms with Crippen molar-refractivity contribution in [2.45, 2.75) is 12.5 Å². The number of esters is 1. The molecule has 5 heteroatoms. The fraction of sp³-hybridized carbons (Fsp3) is 0.444. The van der Waals surface area contributed by atoms with Crippen molar-refractivity contribution in [2.75, 3.05) is 13.7 Å². The quantitative estimate of drug-likeness (QED) is 0.713. The second-order valence-electron chi connectivity index (χ2n) is 2.86. The molecule has 4 nitrogen and oxygen atoms in total. The van der Waals surface area contributed by atoms with Gasteiger partial charge in [0, 0.05) is 13.0 Å². The van der Waals surface area contributed by atoms with E-state index in [2.05, 4.69) is 4.74 Å². The number of aliphatic hydroxyl groups is 1. The molecule has 0 radical (unpaired) electrons. The van der Waals surface area contributed by atoms with Crippen molar-refractivity contribution in [3.63, 3.8) is 0 Å². The molecule has 0 spiro atoms. The summed E-state index contributed by atoms with van der Waals surface area (Å²) in [5, 5.41) is 11.1. The van der Waals surface area contributed by atoms with E-state index in [1.165, 1.54) is 18.4 Å². The van der Waals surface area contributed by atoms with E-state index in [9.17, 15) is 9.90 Å². The number of aliphatic hydroxyl groups excluding tert-OH is 1. The zero-order chi connectivity index (χ0) is 10.6. The number of nitrogens with two attached hydrogens (primary N) is 1. The van der Waals surface area contributed by atoms with Crippen LogP contribution in [0.25, 0.3) is 0 Å². The molecular weight excluding hydrogens is 202 g/mol. The molecule has 0 saturated carbocycles. The summed E-state index contributed by atoms with van der Waals surface area (Å²) in [5.74, 6) is -0.362. The summed E-state index contributed by atoms with van der Waals surface area (Å²) in [6, 6.07) is 1.80. The number of carbonyl (C=O) groups excluding carboxylic acids is 1. The first-order valence-corrected chi connectivity index (χ1v) is 5.09. The minimum Gasteiger partial charge on any atom is -0.465 e. The fourth-order valence-electron chi connectivity index (χ4n) is 1.11. The van der Waals surface area contributed by atoms with E-state index in [4.69, 9.17) is 5.73 Å². The van der Waals surface area contributed by atoms with Crippen LogP contribution in [0.15, 0.2) is 11.4 Å². The number of rotatable bonds is 4. The lowest BCUT2D eigenvalue weighted by Gasteiger charge is -2.07. The minimum atomic E-state index is -0.604. The summed E-state index contributed by atoms with van der Waals surface area (Å²) in [5.41, 5.74) is 6.08. The first kappa shape index (κ1) is 11.2. The Labute approximate surface area is 86.3 Å². The zero-order valence-electron chi connectivity index (χ0n) is 7.90. The van der Waals surface area contributed by atoms with Crippen molar-refractivity contribution in [3.8, 4) is 0 Å². The molecule has 1 rings (SSSR count). The Kier molecular flexibility index (Phi) is 4.06. The van der Waals surface area contributed by atoms with Gasteiger partial charge in [-0.25, -0.2) is 4.79 Å². The number of hydrogen-bond acceptors (Lipinski definition) is 5. The average Bonchev–Trinajstić information content (AvgIpc) is 2.64. The Morgan fingerprint density at radius 1 is 1.79 bits per heavy atom. The van der Waals surface area contributed by atoms with Crippen molar-refractivity contribution in [1.82, 2.24) is 0 Å². The molecule has 14 heavy (non-hydrogen) atoms. The van der Waals surface area contributed by atoms with Gasteiger partial charge in [-0.05, 0) is 17.0 Å². The lowest BCUT2D eigenvalue weighted by atomic mass is 10.1. The summed E-state index contributed by atoms with van der Waals surface area (Å²) in [4.78, 5) is 11.8. The van der Waals surface area contributed by atoms with Crippen LogP contribution in [-0.4, -0.2) is 30.8 Å². The maximum atomic E-state index is 11.2. The van der Waals surface area contributed by atoms with Crippen LogP contribution < -0.4 is 5.73 Å². The van der Waals surface area contributed by atoms with Crippen LogP contribution in [0.1, 0.15) is 15.2 Å². The van der Waals surface area contributed by atoms with E-state index >= 15 is 0 Å². The normalized spacial score (nSPS) is 12.5. The van der Waals surface area contributed by atoms with Crippen LogP contribution in [-0.2, 0) is 11.2 Å². The molecule has 1 aromatic heterocycles. The molecule has 1 atom stereocenters. The van der Waals surface area contributed by atoms with Crippen molar-refractivity contribution < 1.29 is 14.6 Å². The summed E-state index contributed by atoms with van der Waals surface area (Å²) in [7, 11) is 1.34. The fourth-order valence-corrected chi connectivity index (χ4v) is 1.96. The monoisotopic (exact) mass is 215 g/mol. The van der Waals surface area contributed by atoms with Gasteiger partial charge < -0.3 is 15.6 Å². The third kappa shape index (κ3) is 2.54. The van der Waals surface area contributed by atoms with Crippen molar-refractivity contribution in [1.29, 1.82) is 0 Å². The summed E-state index contributed by atoms with van der Waals surface area (Å²) in [6.07, 6.45) is -0.210. The molecule has 3 N–H and O–H groups in total. The largest absolute Gasteiger partial charge is 0.465 e. The van der Waals surface area contributed by atoms with Crippen LogP contribution in [0.5, 0.6) is 0 Å². The number of methoxy groups -OCH3 is 1. The molecule has 1 heterocycles. The molecule has 0 aliphatic rings. The molecular formula is C9H13NO3S. The Hall–Kier alpha value is -0.910. The van der Waals surface area contributed by atoms with Gasteiger partial charge in [-0.3, -0.25) is 0 Å². The van der Waals surface area contributed by atoms with Crippen LogP contribution in [0.4, 0.5) is 0 Å². The molecule has 0 fully saturated rings. The molecule has 0 saturated heterocycles. The average molecular weight is 215 g/mol. The smallest absolute Gasteiger partial charge is 0.348 e. The number of ether oxygens (including phenoxy) is 1. The van der Waals surface area contributed by atoms with Crippen LogP contribution in [0, 0.1) is 0 Å². The van der Waals surface area contributed by atoms with Gasteiger partial charge >= 0.3 is 5.97 Å². The zero-order valence-corrected chi connectivity index (χ0v) is 8.71. The van der Waals surface area contributed by atoms with Crippen LogP contribution in [0.3, 0.4) is 0 Å². The summed E-state index contributed by atoms with van der Waals surface area (Å²) >= 11 is 1.31. The van der Waals surface area contributed by atoms with Gasteiger partial charge in [0.15, 0.2) is 0 Å². The number of thiophene rings is 1. The topological polar surface area (TPSA) is 72.5 Å². The lowest BCUT2D eigenvalue weighted by Crippen LogP contribution is -2.22. The standard InChI is InChI=1S/C9H13NO3S/c1-13-9(12)8-6(2-3-14-8)4-7(11)5-10/h2-3,7,11H,4-5,10H2,1H3. The van der Waals surface area contributed by atoms with Crippen LogP contribution >= 0.6 is 11.3 Å². The molecule has 78 valence electrons. The van der Waals surface area contributed by atoms with E-state index in [1.807, 2.05) is 0 Å². The van der Waals surface area contributed by atoms with Gasteiger partial charge in [0.1, 0.15) is 4.88 Å². The van der Waals surface area contributed by atoms with Crippen molar-refractivity contribution in [2.24, 2.45) is 5.73 Å². The first-order valence-electron chi connectivity index (χ1n) is 4.21. The van der Waals surface area contributed by atoms with Gasteiger partial charge in [0.2, 0.25) is 0 Å². The highest BCUT2D eigenvalue weighted by Gasteiger charge is 2.15. The first-order chi connectivity index (χ1) is 6.69. The third-order valence-corrected chi connectivity index (χ3v) is 2.78. The van der Waals surface area contributed by atoms with E-state index in [0.29, 0.717) is 11.3 Å². The Morgan fingerprint density at radius 3 is 3.07 bits per heavy atom. The third-order valence-electron chi connectivity index (χ3n) is 1.85. The number of carbonyl (C=O) groups is 1. The Balaban J connectivity index is 2.77. The van der Waals surface area contributed by atoms with Gasteiger partial charge in [-0.2, -0.15) is 0 Å². The van der Waals surface area contributed by atoms with Gasteiger partial charge in [-0.15, -0.1) is 11.3 Å². The predicted octanol–water partition coefficient (Wildman–Crippen LogP) is 0.397. The second kappa shape index (κ2) is 5.09. The molecule has 0 aliphatic heterocycles. The highest BCUT2D eigenvalue weighted by molar-refractivity contribution is 7.12. The minimum absolute atomic E-state index is 0.191. The van der Waals surface area contributed by atoms with Gasteiger partial charge in [0.05, 0.1) is 13.2 Å². The summed E-state index contributed by atoms with van der Waals surface area (Å²) < 4.78 is 4.61. The molecule has 0 amide bonds. The van der Waals surface area contributed by atoms with E-state index in [1.54, 1.807) is 11.4 Å². The molecule has 1 unspecified atom stereocenters. The molecule has 0 bridgehead atoms. The van der Waals surface area contributed by atoms with Gasteiger partial charge in [-0.1, -0.05) is 0 Å². The van der Waals surface area contributed by atoms with E-state index < -0.39 is 6.10 Å². The summed E-state index contributed by atoms with van der Waals surface area (Å²) in [6.45, 7) is 0.191. The SMILES string of the molecule is COC(=O)c1sccc1CC(O)CN. The van der Waals surface area contributed by atoms with Crippen molar-refractivity contribution in [3.05, 3.63) is 21.9 Å².